The second-order valence-electron chi connectivity index (χ2n) is 7.01. The van der Waals surface area contributed by atoms with Gasteiger partial charge in [0.2, 0.25) is 0 Å². The van der Waals surface area contributed by atoms with Crippen molar-refractivity contribution >= 4 is 8.07 Å². The Morgan fingerprint density at radius 2 is 1.37 bits per heavy atom. The standard InChI is InChI=1S/C18H36Si/c1-6-19(7-2,8-3)15-17(5)16(4)14-18-12-10-9-11-13-18/h18H,6-15H2,1-5H3/b17-16-. The molecule has 0 aliphatic heterocycles. The third kappa shape index (κ3) is 5.09. The average Bonchev–Trinajstić information content (AvgIpc) is 2.45. The van der Waals surface area contributed by atoms with Crippen LogP contribution in [0.25, 0.3) is 0 Å². The van der Waals surface area contributed by atoms with Gasteiger partial charge in [-0.1, -0.05) is 82.2 Å². The van der Waals surface area contributed by atoms with Crippen LogP contribution >= 0.6 is 0 Å². The molecular weight excluding hydrogens is 244 g/mol. The first kappa shape index (κ1) is 17.0. The van der Waals surface area contributed by atoms with E-state index in [2.05, 4.69) is 34.6 Å². The predicted molar refractivity (Wildman–Crippen MR) is 91.6 cm³/mol. The molecule has 0 amide bonds. The van der Waals surface area contributed by atoms with Crippen molar-refractivity contribution in [1.29, 1.82) is 0 Å². The zero-order chi connectivity index (χ0) is 14.3. The summed E-state index contributed by atoms with van der Waals surface area (Å²) in [6.07, 6.45) is 8.82. The molecule has 1 heteroatoms. The molecule has 0 heterocycles. The Bertz CT molecular complexity index is 272. The Balaban J connectivity index is 2.61. The van der Waals surface area contributed by atoms with E-state index < -0.39 is 8.07 Å². The predicted octanol–water partition coefficient (Wildman–Crippen LogP) is 6.80. The first-order valence-corrected chi connectivity index (χ1v) is 11.5. The van der Waals surface area contributed by atoms with Gasteiger partial charge in [-0.25, -0.2) is 0 Å². The smallest absolute Gasteiger partial charge is 0.0567 e. The highest BCUT2D eigenvalue weighted by molar-refractivity contribution is 6.80. The van der Waals surface area contributed by atoms with Crippen LogP contribution in [-0.4, -0.2) is 8.07 Å². The fraction of sp³-hybridized carbons (Fsp3) is 0.889. The van der Waals surface area contributed by atoms with Crippen LogP contribution < -0.4 is 0 Å². The van der Waals surface area contributed by atoms with Gasteiger partial charge in [-0.2, -0.15) is 0 Å². The summed E-state index contributed by atoms with van der Waals surface area (Å²) in [6.45, 7) is 12.2. The summed E-state index contributed by atoms with van der Waals surface area (Å²) in [5.41, 5.74) is 3.49. The second kappa shape index (κ2) is 8.29. The SMILES string of the molecule is CC[Si](CC)(CC)C/C(C)=C(/C)CC1CCCCC1. The Morgan fingerprint density at radius 1 is 0.842 bits per heavy atom. The minimum Gasteiger partial charge on any atom is -0.0770 e. The summed E-state index contributed by atoms with van der Waals surface area (Å²) in [5.74, 6) is 1.00. The lowest BCUT2D eigenvalue weighted by Gasteiger charge is -2.30. The molecule has 0 bridgehead atoms. The molecule has 1 fully saturated rings. The van der Waals surface area contributed by atoms with Crippen LogP contribution in [0.5, 0.6) is 0 Å². The summed E-state index contributed by atoms with van der Waals surface area (Å²) >= 11 is 0. The normalized spacial score (nSPS) is 19.4. The molecule has 0 N–H and O–H groups in total. The Kier molecular flexibility index (Phi) is 7.42. The van der Waals surface area contributed by atoms with Crippen molar-refractivity contribution in [2.45, 2.75) is 97.3 Å². The molecule has 0 nitrogen and oxygen atoms in total. The molecular formula is C18H36Si. The fourth-order valence-corrected chi connectivity index (χ4v) is 7.51. The maximum atomic E-state index is 2.43. The average molecular weight is 281 g/mol. The van der Waals surface area contributed by atoms with Crippen LogP contribution in [0.1, 0.15) is 73.1 Å². The van der Waals surface area contributed by atoms with Gasteiger partial charge in [0.1, 0.15) is 0 Å². The Hall–Kier alpha value is -0.0431. The van der Waals surface area contributed by atoms with Crippen molar-refractivity contribution in [3.05, 3.63) is 11.1 Å². The zero-order valence-electron chi connectivity index (χ0n) is 14.1. The number of rotatable bonds is 7. The van der Waals surface area contributed by atoms with E-state index in [0.717, 1.165) is 5.92 Å². The van der Waals surface area contributed by atoms with Gasteiger partial charge < -0.3 is 0 Å². The number of hydrogen-bond donors (Lipinski definition) is 0. The summed E-state index contributed by atoms with van der Waals surface area (Å²) in [4.78, 5) is 0. The highest BCUT2D eigenvalue weighted by Crippen LogP contribution is 2.33. The van der Waals surface area contributed by atoms with Gasteiger partial charge in [0.15, 0.2) is 0 Å². The van der Waals surface area contributed by atoms with E-state index in [-0.39, 0.29) is 0 Å². The lowest BCUT2D eigenvalue weighted by molar-refractivity contribution is 0.355. The van der Waals surface area contributed by atoms with E-state index in [0.29, 0.717) is 0 Å². The number of hydrogen-bond acceptors (Lipinski definition) is 0. The molecule has 0 aromatic carbocycles. The lowest BCUT2D eigenvalue weighted by atomic mass is 9.84. The minimum absolute atomic E-state index is 0.967. The second-order valence-corrected chi connectivity index (χ2v) is 12.5. The number of allylic oxidation sites excluding steroid dienone is 2. The quantitative estimate of drug-likeness (QED) is 0.355. The fourth-order valence-electron chi connectivity index (χ4n) is 3.84. The summed E-state index contributed by atoms with van der Waals surface area (Å²) in [5, 5.41) is 0. The maximum absolute atomic E-state index is 2.43. The lowest BCUT2D eigenvalue weighted by Crippen LogP contribution is -2.31. The summed E-state index contributed by atoms with van der Waals surface area (Å²) in [6, 6.07) is 5.87. The van der Waals surface area contributed by atoms with Gasteiger partial charge >= 0.3 is 0 Å². The Morgan fingerprint density at radius 3 is 1.84 bits per heavy atom. The van der Waals surface area contributed by atoms with E-state index in [1.165, 1.54) is 62.7 Å². The van der Waals surface area contributed by atoms with Crippen LogP contribution in [0.3, 0.4) is 0 Å². The van der Waals surface area contributed by atoms with Crippen LogP contribution in [-0.2, 0) is 0 Å². The molecule has 1 rings (SSSR count). The molecule has 0 atom stereocenters. The van der Waals surface area contributed by atoms with Gasteiger partial charge in [-0.15, -0.1) is 0 Å². The van der Waals surface area contributed by atoms with Gasteiger partial charge in [-0.05, 0) is 32.2 Å². The van der Waals surface area contributed by atoms with Crippen molar-refractivity contribution in [2.24, 2.45) is 5.92 Å². The van der Waals surface area contributed by atoms with E-state index >= 15 is 0 Å². The van der Waals surface area contributed by atoms with Crippen LogP contribution in [0.2, 0.25) is 24.2 Å². The zero-order valence-corrected chi connectivity index (χ0v) is 15.1. The summed E-state index contributed by atoms with van der Waals surface area (Å²) in [7, 11) is -0.967. The van der Waals surface area contributed by atoms with E-state index in [9.17, 15) is 0 Å². The molecule has 1 saturated carbocycles. The molecule has 0 saturated heterocycles. The van der Waals surface area contributed by atoms with Crippen molar-refractivity contribution < 1.29 is 0 Å². The van der Waals surface area contributed by atoms with E-state index in [1.54, 1.807) is 11.1 Å². The highest BCUT2D eigenvalue weighted by Gasteiger charge is 2.27. The van der Waals surface area contributed by atoms with Gasteiger partial charge in [0, 0.05) is 0 Å². The topological polar surface area (TPSA) is 0 Å². The third-order valence-electron chi connectivity index (χ3n) is 5.94. The van der Waals surface area contributed by atoms with Crippen LogP contribution in [0.15, 0.2) is 11.1 Å². The molecule has 0 spiro atoms. The molecule has 1 aliphatic carbocycles. The molecule has 0 aromatic heterocycles. The highest BCUT2D eigenvalue weighted by atomic mass is 28.3. The Labute approximate surface area is 123 Å². The van der Waals surface area contributed by atoms with Crippen molar-refractivity contribution in [3.8, 4) is 0 Å². The van der Waals surface area contributed by atoms with Crippen molar-refractivity contribution in [1.82, 2.24) is 0 Å². The van der Waals surface area contributed by atoms with E-state index in [1.807, 2.05) is 0 Å². The maximum Gasteiger partial charge on any atom is 0.0567 e. The van der Waals surface area contributed by atoms with Gasteiger partial charge in [-0.3, -0.25) is 0 Å². The largest absolute Gasteiger partial charge is 0.0770 e. The first-order chi connectivity index (χ1) is 9.06. The molecule has 0 unspecified atom stereocenters. The van der Waals surface area contributed by atoms with Crippen molar-refractivity contribution in [3.63, 3.8) is 0 Å². The molecule has 1 aliphatic rings. The molecule has 0 aromatic rings. The minimum atomic E-state index is -0.967. The monoisotopic (exact) mass is 280 g/mol. The summed E-state index contributed by atoms with van der Waals surface area (Å²) < 4.78 is 0. The first-order valence-electron chi connectivity index (χ1n) is 8.72. The molecule has 19 heavy (non-hydrogen) atoms. The van der Waals surface area contributed by atoms with Crippen molar-refractivity contribution in [2.75, 3.05) is 0 Å². The van der Waals surface area contributed by atoms with Gasteiger partial charge in [0.05, 0.1) is 8.07 Å². The third-order valence-corrected chi connectivity index (χ3v) is 11.7. The molecule has 112 valence electrons. The molecule has 0 radical (unpaired) electrons. The van der Waals surface area contributed by atoms with E-state index in [4.69, 9.17) is 0 Å². The van der Waals surface area contributed by atoms with Crippen LogP contribution in [0.4, 0.5) is 0 Å². The van der Waals surface area contributed by atoms with Gasteiger partial charge in [0.25, 0.3) is 0 Å². The van der Waals surface area contributed by atoms with Crippen LogP contribution in [0, 0.1) is 5.92 Å².